The molecule has 1 atom stereocenters. The van der Waals surface area contributed by atoms with Gasteiger partial charge in [0, 0.05) is 19.6 Å². The lowest BCUT2D eigenvalue weighted by atomic mass is 10.3. The first-order valence-corrected chi connectivity index (χ1v) is 5.71. The molecule has 1 rings (SSSR count). The van der Waals surface area contributed by atoms with Gasteiger partial charge in [-0.3, -0.25) is 4.79 Å². The summed E-state index contributed by atoms with van der Waals surface area (Å²) in [5.74, 6) is -0.670. The van der Waals surface area contributed by atoms with Crippen LogP contribution >= 0.6 is 0 Å². The summed E-state index contributed by atoms with van der Waals surface area (Å²) in [7, 11) is 1.96. The van der Waals surface area contributed by atoms with Crippen LogP contribution in [0.5, 0.6) is 0 Å². The highest BCUT2D eigenvalue weighted by Gasteiger charge is 2.27. The number of amides is 1. The number of ether oxygens (including phenoxy) is 1. The second-order valence-electron chi connectivity index (χ2n) is 4.28. The summed E-state index contributed by atoms with van der Waals surface area (Å²) in [4.78, 5) is 13.2. The molecule has 1 saturated heterocycles. The first-order chi connectivity index (χ1) is 8.37. The largest absolute Gasteiger partial charge is 0.405 e. The van der Waals surface area contributed by atoms with Crippen molar-refractivity contribution in [2.45, 2.75) is 12.3 Å². The van der Waals surface area contributed by atoms with Crippen molar-refractivity contribution < 1.29 is 22.7 Å². The molecule has 1 fully saturated rings. The normalized spacial score (nSPS) is 21.9. The highest BCUT2D eigenvalue weighted by molar-refractivity contribution is 5.77. The van der Waals surface area contributed by atoms with Gasteiger partial charge < -0.3 is 20.3 Å². The minimum atomic E-state index is -4.37. The SMILES string of the molecule is CN1CCO[C@@H](CNCC(=O)NCC(F)(F)F)C1. The van der Waals surface area contributed by atoms with Crippen molar-refractivity contribution in [2.75, 3.05) is 46.4 Å². The van der Waals surface area contributed by atoms with Gasteiger partial charge in [-0.15, -0.1) is 0 Å². The Hall–Kier alpha value is -0.860. The van der Waals surface area contributed by atoms with Crippen LogP contribution in [0.4, 0.5) is 13.2 Å². The van der Waals surface area contributed by atoms with Crippen LogP contribution in [-0.4, -0.2) is 69.5 Å². The summed E-state index contributed by atoms with van der Waals surface area (Å²) < 4.78 is 40.9. The van der Waals surface area contributed by atoms with E-state index in [4.69, 9.17) is 4.74 Å². The molecule has 0 aromatic heterocycles. The van der Waals surface area contributed by atoms with Crippen molar-refractivity contribution >= 4 is 5.91 Å². The lowest BCUT2D eigenvalue weighted by Gasteiger charge is -2.30. The van der Waals surface area contributed by atoms with Gasteiger partial charge in [-0.2, -0.15) is 13.2 Å². The third-order valence-corrected chi connectivity index (χ3v) is 2.49. The van der Waals surface area contributed by atoms with Crippen LogP contribution in [0.2, 0.25) is 0 Å². The Kier molecular flexibility index (Phi) is 5.83. The van der Waals surface area contributed by atoms with Gasteiger partial charge >= 0.3 is 6.18 Å². The van der Waals surface area contributed by atoms with Gasteiger partial charge in [-0.25, -0.2) is 0 Å². The van der Waals surface area contributed by atoms with E-state index in [9.17, 15) is 18.0 Å². The fraction of sp³-hybridized carbons (Fsp3) is 0.900. The molecule has 0 unspecified atom stereocenters. The lowest BCUT2D eigenvalue weighted by molar-refractivity contribution is -0.138. The number of alkyl halides is 3. The molecule has 0 aliphatic carbocycles. The van der Waals surface area contributed by atoms with E-state index in [-0.39, 0.29) is 12.6 Å². The van der Waals surface area contributed by atoms with Crippen LogP contribution in [0, 0.1) is 0 Å². The van der Waals surface area contributed by atoms with Gasteiger partial charge in [-0.05, 0) is 7.05 Å². The van der Waals surface area contributed by atoms with Crippen LogP contribution in [0.25, 0.3) is 0 Å². The minimum absolute atomic E-state index is 0.0285. The molecule has 2 N–H and O–H groups in total. The maximum Gasteiger partial charge on any atom is 0.405 e. The second kappa shape index (κ2) is 6.91. The molecule has 0 aromatic carbocycles. The molecule has 0 bridgehead atoms. The molecule has 5 nitrogen and oxygen atoms in total. The fourth-order valence-corrected chi connectivity index (χ4v) is 1.60. The molecule has 0 aromatic rings. The quantitative estimate of drug-likeness (QED) is 0.712. The van der Waals surface area contributed by atoms with Crippen molar-refractivity contribution in [3.05, 3.63) is 0 Å². The van der Waals surface area contributed by atoms with Crippen molar-refractivity contribution in [3.63, 3.8) is 0 Å². The molecule has 8 heteroatoms. The second-order valence-corrected chi connectivity index (χ2v) is 4.28. The molecule has 1 aliphatic heterocycles. The first kappa shape index (κ1) is 15.2. The number of halogens is 3. The molecule has 0 radical (unpaired) electrons. The standard InChI is InChI=1S/C10H18F3N3O2/c1-16-2-3-18-8(6-16)4-14-5-9(17)15-7-10(11,12)13/h8,14H,2-7H2,1H3,(H,15,17)/t8-/m0/s1. The molecular formula is C10H18F3N3O2. The summed E-state index contributed by atoms with van der Waals surface area (Å²) in [6, 6.07) is 0. The monoisotopic (exact) mass is 269 g/mol. The molecule has 0 saturated carbocycles. The first-order valence-electron chi connectivity index (χ1n) is 5.71. The van der Waals surface area contributed by atoms with Crippen LogP contribution < -0.4 is 10.6 Å². The molecule has 106 valence electrons. The summed E-state index contributed by atoms with van der Waals surface area (Å²) in [6.45, 7) is 1.25. The van der Waals surface area contributed by atoms with E-state index in [1.165, 1.54) is 0 Å². The van der Waals surface area contributed by atoms with Crippen molar-refractivity contribution in [1.29, 1.82) is 0 Å². The van der Waals surface area contributed by atoms with E-state index in [0.29, 0.717) is 13.2 Å². The van der Waals surface area contributed by atoms with Gasteiger partial charge in [0.15, 0.2) is 0 Å². The number of likely N-dealkylation sites (N-methyl/N-ethyl adjacent to an activating group) is 1. The van der Waals surface area contributed by atoms with E-state index in [1.807, 2.05) is 7.05 Å². The Morgan fingerprint density at radius 2 is 2.22 bits per heavy atom. The third kappa shape index (κ3) is 6.77. The minimum Gasteiger partial charge on any atom is -0.374 e. The maximum absolute atomic E-state index is 11.8. The number of hydrogen-bond acceptors (Lipinski definition) is 4. The molecule has 1 amide bonds. The summed E-state index contributed by atoms with van der Waals surface area (Å²) >= 11 is 0. The van der Waals surface area contributed by atoms with Crippen LogP contribution in [0.3, 0.4) is 0 Å². The van der Waals surface area contributed by atoms with E-state index in [0.717, 1.165) is 13.1 Å². The van der Waals surface area contributed by atoms with Gasteiger partial charge in [0.25, 0.3) is 0 Å². The smallest absolute Gasteiger partial charge is 0.374 e. The average molecular weight is 269 g/mol. The highest BCUT2D eigenvalue weighted by Crippen LogP contribution is 2.11. The van der Waals surface area contributed by atoms with Gasteiger partial charge in [0.1, 0.15) is 6.54 Å². The predicted molar refractivity (Wildman–Crippen MR) is 59.2 cm³/mol. The number of nitrogens with zero attached hydrogens (tertiary/aromatic N) is 1. The number of carbonyl (C=O) groups excluding carboxylic acids is 1. The number of rotatable bonds is 5. The van der Waals surface area contributed by atoms with E-state index < -0.39 is 18.6 Å². The lowest BCUT2D eigenvalue weighted by Crippen LogP contribution is -2.47. The highest BCUT2D eigenvalue weighted by atomic mass is 19.4. The Morgan fingerprint density at radius 1 is 1.50 bits per heavy atom. The number of nitrogens with one attached hydrogen (secondary N) is 2. The van der Waals surface area contributed by atoms with Gasteiger partial charge in [0.2, 0.25) is 5.91 Å². The summed E-state index contributed by atoms with van der Waals surface area (Å²) in [5, 5.41) is 4.57. The van der Waals surface area contributed by atoms with Crippen molar-refractivity contribution in [3.8, 4) is 0 Å². The third-order valence-electron chi connectivity index (χ3n) is 2.49. The Bertz CT molecular complexity index is 274. The Labute approximate surface area is 104 Å². The van der Waals surface area contributed by atoms with E-state index in [1.54, 1.807) is 5.32 Å². The van der Waals surface area contributed by atoms with Gasteiger partial charge in [0.05, 0.1) is 19.3 Å². The number of carbonyl (C=O) groups is 1. The molecular weight excluding hydrogens is 251 g/mol. The Morgan fingerprint density at radius 3 is 2.83 bits per heavy atom. The zero-order valence-electron chi connectivity index (χ0n) is 10.2. The molecule has 0 spiro atoms. The average Bonchev–Trinajstić information content (AvgIpc) is 2.25. The molecule has 1 heterocycles. The predicted octanol–water partition coefficient (Wildman–Crippen LogP) is -0.415. The number of hydrogen-bond donors (Lipinski definition) is 2. The van der Waals surface area contributed by atoms with Crippen LogP contribution in [0.1, 0.15) is 0 Å². The zero-order chi connectivity index (χ0) is 13.6. The summed E-state index contributed by atoms with van der Waals surface area (Å²) in [5.41, 5.74) is 0. The van der Waals surface area contributed by atoms with Crippen molar-refractivity contribution in [2.24, 2.45) is 0 Å². The molecule has 18 heavy (non-hydrogen) atoms. The van der Waals surface area contributed by atoms with Crippen LogP contribution in [-0.2, 0) is 9.53 Å². The fourth-order valence-electron chi connectivity index (χ4n) is 1.60. The van der Waals surface area contributed by atoms with Crippen molar-refractivity contribution in [1.82, 2.24) is 15.5 Å². The van der Waals surface area contributed by atoms with Crippen LogP contribution in [0.15, 0.2) is 0 Å². The molecule has 1 aliphatic rings. The Balaban J connectivity index is 2.08. The zero-order valence-corrected chi connectivity index (χ0v) is 10.2. The number of morpholine rings is 1. The maximum atomic E-state index is 11.8. The summed E-state index contributed by atoms with van der Waals surface area (Å²) in [6.07, 6.45) is -4.40. The van der Waals surface area contributed by atoms with E-state index in [2.05, 4.69) is 10.2 Å². The van der Waals surface area contributed by atoms with Gasteiger partial charge in [-0.1, -0.05) is 0 Å². The topological polar surface area (TPSA) is 53.6 Å². The van der Waals surface area contributed by atoms with E-state index >= 15 is 0 Å².